The topological polar surface area (TPSA) is 86.5 Å². The van der Waals surface area contributed by atoms with Crippen molar-refractivity contribution in [2.24, 2.45) is 11.8 Å². The number of hydrogen-bond acceptors (Lipinski definition) is 6. The third-order valence-electron chi connectivity index (χ3n) is 4.91. The lowest BCUT2D eigenvalue weighted by molar-refractivity contribution is 0.0526. The summed E-state index contributed by atoms with van der Waals surface area (Å²) in [5, 5.41) is 20.5. The maximum Gasteiger partial charge on any atom is 0.346 e. The van der Waals surface area contributed by atoms with Crippen LogP contribution in [0.4, 0.5) is 5.82 Å². The van der Waals surface area contributed by atoms with Crippen molar-refractivity contribution in [2.45, 2.75) is 39.7 Å². The van der Waals surface area contributed by atoms with Crippen LogP contribution in [0.3, 0.4) is 0 Å². The lowest BCUT2D eigenvalue weighted by atomic mass is 9.85. The minimum absolute atomic E-state index is 0.265. The standard InChI is InChI=1S/C17H23N3O3S/c1-9(2)13(21)11-4-6-20(7-5-11)15-12-10(3)14(17(22)23)24-16(12)19-8-18-15/h8-9,11,13,21H,4-7H2,1-3H3,(H,22,23). The SMILES string of the molecule is Cc1c(C(=O)O)sc2ncnc(N3CCC(C(O)C(C)C)CC3)c12. The predicted octanol–water partition coefficient (Wildman–Crippen LogP) is 2.93. The van der Waals surface area contributed by atoms with Crippen molar-refractivity contribution in [1.29, 1.82) is 0 Å². The normalized spacial score (nSPS) is 17.6. The maximum absolute atomic E-state index is 11.4. The van der Waals surface area contributed by atoms with Crippen LogP contribution in [0.2, 0.25) is 0 Å². The van der Waals surface area contributed by atoms with E-state index >= 15 is 0 Å². The number of aryl methyl sites for hydroxylation is 1. The van der Waals surface area contributed by atoms with Crippen molar-refractivity contribution in [3.8, 4) is 0 Å². The van der Waals surface area contributed by atoms with E-state index in [0.717, 1.165) is 47.5 Å². The van der Waals surface area contributed by atoms with Crippen LogP contribution in [0.1, 0.15) is 41.9 Å². The van der Waals surface area contributed by atoms with Crippen LogP contribution < -0.4 is 4.90 Å². The Morgan fingerprint density at radius 3 is 2.58 bits per heavy atom. The molecule has 0 aliphatic carbocycles. The molecule has 2 aromatic rings. The van der Waals surface area contributed by atoms with Crippen molar-refractivity contribution in [3.63, 3.8) is 0 Å². The Kier molecular flexibility index (Phi) is 4.73. The van der Waals surface area contributed by atoms with Crippen molar-refractivity contribution < 1.29 is 15.0 Å². The summed E-state index contributed by atoms with van der Waals surface area (Å²) in [5.74, 6) is 0.486. The third-order valence-corrected chi connectivity index (χ3v) is 6.09. The molecule has 6 nitrogen and oxygen atoms in total. The van der Waals surface area contributed by atoms with E-state index in [1.165, 1.54) is 17.7 Å². The van der Waals surface area contributed by atoms with Gasteiger partial charge in [0.15, 0.2) is 0 Å². The van der Waals surface area contributed by atoms with Crippen molar-refractivity contribution in [2.75, 3.05) is 18.0 Å². The lowest BCUT2D eigenvalue weighted by Gasteiger charge is -2.36. The monoisotopic (exact) mass is 349 g/mol. The number of aliphatic hydroxyl groups excluding tert-OH is 1. The van der Waals surface area contributed by atoms with E-state index in [1.807, 2.05) is 20.8 Å². The fourth-order valence-electron chi connectivity index (χ4n) is 3.49. The fraction of sp³-hybridized carbons (Fsp3) is 0.588. The molecule has 1 saturated heterocycles. The second-order valence-electron chi connectivity index (χ2n) is 6.80. The first-order valence-corrected chi connectivity index (χ1v) is 9.12. The number of aliphatic hydroxyl groups is 1. The molecule has 0 aromatic carbocycles. The summed E-state index contributed by atoms with van der Waals surface area (Å²) in [5.41, 5.74) is 0.738. The summed E-state index contributed by atoms with van der Waals surface area (Å²) in [6, 6.07) is 0. The van der Waals surface area contributed by atoms with Crippen LogP contribution in [-0.4, -0.2) is 45.3 Å². The van der Waals surface area contributed by atoms with Gasteiger partial charge in [0.25, 0.3) is 0 Å². The molecule has 1 unspecified atom stereocenters. The number of fused-ring (bicyclic) bond motifs is 1. The second kappa shape index (κ2) is 6.64. The molecular weight excluding hydrogens is 326 g/mol. The Labute approximate surface area is 145 Å². The van der Waals surface area contributed by atoms with E-state index < -0.39 is 5.97 Å². The molecule has 24 heavy (non-hydrogen) atoms. The molecule has 7 heteroatoms. The maximum atomic E-state index is 11.4. The van der Waals surface area contributed by atoms with Gasteiger partial charge in [0.2, 0.25) is 0 Å². The quantitative estimate of drug-likeness (QED) is 0.882. The molecule has 130 valence electrons. The zero-order valence-electron chi connectivity index (χ0n) is 14.2. The molecule has 0 amide bonds. The molecule has 0 spiro atoms. The fourth-order valence-corrected chi connectivity index (χ4v) is 4.48. The molecule has 2 aromatic heterocycles. The number of nitrogens with zero attached hydrogens (tertiary/aromatic N) is 3. The van der Waals surface area contributed by atoms with Crippen molar-refractivity contribution >= 4 is 33.3 Å². The van der Waals surface area contributed by atoms with Crippen molar-refractivity contribution in [3.05, 3.63) is 16.8 Å². The van der Waals surface area contributed by atoms with Crippen LogP contribution in [-0.2, 0) is 0 Å². The number of aromatic carboxylic acids is 1. The van der Waals surface area contributed by atoms with Gasteiger partial charge in [-0.1, -0.05) is 13.8 Å². The highest BCUT2D eigenvalue weighted by Crippen LogP contribution is 2.36. The Morgan fingerprint density at radius 1 is 1.33 bits per heavy atom. The van der Waals surface area contributed by atoms with Crippen LogP contribution in [0.25, 0.3) is 10.2 Å². The van der Waals surface area contributed by atoms with Crippen molar-refractivity contribution in [1.82, 2.24) is 9.97 Å². The number of piperidine rings is 1. The zero-order chi connectivity index (χ0) is 17.4. The first-order valence-electron chi connectivity index (χ1n) is 8.30. The van der Waals surface area contributed by atoms with Gasteiger partial charge < -0.3 is 15.1 Å². The largest absolute Gasteiger partial charge is 0.477 e. The molecule has 1 aliphatic heterocycles. The number of rotatable bonds is 4. The Morgan fingerprint density at radius 2 is 2.00 bits per heavy atom. The lowest BCUT2D eigenvalue weighted by Crippen LogP contribution is -2.39. The smallest absolute Gasteiger partial charge is 0.346 e. The number of carboxylic acid groups (broad SMARTS) is 1. The highest BCUT2D eigenvalue weighted by molar-refractivity contribution is 7.20. The number of carboxylic acids is 1. The van der Waals surface area contributed by atoms with E-state index in [4.69, 9.17) is 0 Å². The van der Waals surface area contributed by atoms with E-state index in [0.29, 0.717) is 10.8 Å². The van der Waals surface area contributed by atoms with E-state index in [1.54, 1.807) is 0 Å². The van der Waals surface area contributed by atoms with Gasteiger partial charge in [-0.3, -0.25) is 0 Å². The highest BCUT2D eigenvalue weighted by atomic mass is 32.1. The number of anilines is 1. The van der Waals surface area contributed by atoms with Gasteiger partial charge in [0.1, 0.15) is 21.9 Å². The molecule has 3 heterocycles. The number of carbonyl (C=O) groups is 1. The Balaban J connectivity index is 1.87. The Bertz CT molecular complexity index is 751. The second-order valence-corrected chi connectivity index (χ2v) is 7.80. The third kappa shape index (κ3) is 2.98. The molecule has 2 N–H and O–H groups in total. The molecule has 0 radical (unpaired) electrons. The molecule has 1 aliphatic rings. The van der Waals surface area contributed by atoms with Gasteiger partial charge in [-0.15, -0.1) is 11.3 Å². The van der Waals surface area contributed by atoms with Gasteiger partial charge in [-0.2, -0.15) is 0 Å². The zero-order valence-corrected chi connectivity index (χ0v) is 15.0. The molecule has 0 bridgehead atoms. The number of aromatic nitrogens is 2. The predicted molar refractivity (Wildman–Crippen MR) is 94.9 cm³/mol. The van der Waals surface area contributed by atoms with E-state index in [2.05, 4.69) is 14.9 Å². The molecule has 1 fully saturated rings. The van der Waals surface area contributed by atoms with Crippen LogP contribution in [0, 0.1) is 18.8 Å². The minimum atomic E-state index is -0.916. The summed E-state index contributed by atoms with van der Waals surface area (Å²) < 4.78 is 0. The minimum Gasteiger partial charge on any atom is -0.477 e. The van der Waals surface area contributed by atoms with Gasteiger partial charge in [-0.25, -0.2) is 14.8 Å². The molecular formula is C17H23N3O3S. The number of thiophene rings is 1. The average molecular weight is 349 g/mol. The molecule has 1 atom stereocenters. The summed E-state index contributed by atoms with van der Waals surface area (Å²) >= 11 is 1.20. The molecule has 0 saturated carbocycles. The average Bonchev–Trinajstić information content (AvgIpc) is 2.91. The van der Waals surface area contributed by atoms with Gasteiger partial charge in [-0.05, 0) is 37.2 Å². The first kappa shape index (κ1) is 17.1. The summed E-state index contributed by atoms with van der Waals surface area (Å²) in [6.45, 7) is 7.56. The van der Waals surface area contributed by atoms with Gasteiger partial charge in [0, 0.05) is 13.1 Å². The summed E-state index contributed by atoms with van der Waals surface area (Å²) in [4.78, 5) is 23.3. The summed E-state index contributed by atoms with van der Waals surface area (Å²) in [7, 11) is 0. The highest BCUT2D eigenvalue weighted by Gasteiger charge is 2.29. The van der Waals surface area contributed by atoms with Crippen LogP contribution in [0.15, 0.2) is 6.33 Å². The Hall–Kier alpha value is -1.73. The van der Waals surface area contributed by atoms with Gasteiger partial charge in [0.05, 0.1) is 11.5 Å². The van der Waals surface area contributed by atoms with Crippen LogP contribution >= 0.6 is 11.3 Å². The number of hydrogen-bond donors (Lipinski definition) is 2. The van der Waals surface area contributed by atoms with Crippen LogP contribution in [0.5, 0.6) is 0 Å². The van der Waals surface area contributed by atoms with E-state index in [9.17, 15) is 15.0 Å². The van der Waals surface area contributed by atoms with Gasteiger partial charge >= 0.3 is 5.97 Å². The van der Waals surface area contributed by atoms with E-state index in [-0.39, 0.29) is 12.0 Å². The first-order chi connectivity index (χ1) is 11.4. The summed E-state index contributed by atoms with van der Waals surface area (Å²) in [6.07, 6.45) is 3.08. The molecule has 3 rings (SSSR count).